The largest absolute Gasteiger partial charge is 0.516 e. The highest BCUT2D eigenvalue weighted by Gasteiger charge is 2.58. The van der Waals surface area contributed by atoms with Gasteiger partial charge >= 0.3 is 5.97 Å². The Morgan fingerprint density at radius 3 is 1.40 bits per heavy atom. The van der Waals surface area contributed by atoms with E-state index >= 15 is 0 Å². The third kappa shape index (κ3) is 10.2. The van der Waals surface area contributed by atoms with Crippen LogP contribution in [0, 0.1) is 5.92 Å². The van der Waals surface area contributed by atoms with Crippen molar-refractivity contribution in [3.8, 4) is 0 Å². The first-order valence-corrected chi connectivity index (χ1v) is 20.1. The monoisotopic (exact) mass is 699 g/mol. The minimum absolute atomic E-state index is 0.190. The Kier molecular flexibility index (Phi) is 14.2. The van der Waals surface area contributed by atoms with E-state index in [4.69, 9.17) is 4.43 Å². The van der Waals surface area contributed by atoms with Crippen molar-refractivity contribution in [2.75, 3.05) is 21.1 Å². The topological polar surface area (TPSA) is 79.0 Å². The van der Waals surface area contributed by atoms with Crippen molar-refractivity contribution in [1.82, 2.24) is 15.1 Å². The van der Waals surface area contributed by atoms with E-state index in [-0.39, 0.29) is 27.9 Å². The molecule has 0 aliphatic heterocycles. The molecule has 0 aliphatic rings. The molecule has 0 fully saturated rings. The lowest BCUT2D eigenvalue weighted by atomic mass is 9.99. The molecule has 3 aromatic carbocycles. The maximum absolute atomic E-state index is 14.9. The molecule has 0 aliphatic carbocycles. The van der Waals surface area contributed by atoms with Crippen molar-refractivity contribution >= 4 is 26.1 Å². The molecule has 0 spiro atoms. The van der Waals surface area contributed by atoms with Gasteiger partial charge < -0.3 is 19.5 Å². The maximum Gasteiger partial charge on any atom is 0.315 e. The highest BCUT2D eigenvalue weighted by atomic mass is 28.4. The average Bonchev–Trinajstić information content (AvgIpc) is 3.07. The van der Waals surface area contributed by atoms with Gasteiger partial charge in [0.2, 0.25) is 11.8 Å². The van der Waals surface area contributed by atoms with Gasteiger partial charge in [-0.2, -0.15) is 0 Å². The summed E-state index contributed by atoms with van der Waals surface area (Å²) in [6.45, 7) is 17.5. The maximum atomic E-state index is 14.9. The minimum atomic E-state index is -2.83. The van der Waals surface area contributed by atoms with Crippen LogP contribution in [0.3, 0.4) is 0 Å². The van der Waals surface area contributed by atoms with Gasteiger partial charge in [-0.15, -0.1) is 0 Å². The highest BCUT2D eigenvalue weighted by Crippen LogP contribution is 2.55. The van der Waals surface area contributed by atoms with Gasteiger partial charge in [0.1, 0.15) is 12.1 Å². The van der Waals surface area contributed by atoms with Crippen LogP contribution in [0.1, 0.15) is 72.1 Å². The van der Waals surface area contributed by atoms with Crippen LogP contribution in [-0.4, -0.2) is 75.2 Å². The molecule has 0 bridgehead atoms. The Balaban J connectivity index is 2.07. The van der Waals surface area contributed by atoms with Crippen LogP contribution < -0.4 is 5.32 Å². The Labute approximate surface area is 302 Å². The second-order valence-electron chi connectivity index (χ2n) is 16.2. The molecule has 0 saturated carbocycles. The second kappa shape index (κ2) is 17.5. The van der Waals surface area contributed by atoms with E-state index in [0.29, 0.717) is 25.2 Å². The number of nitrogens with zero attached hydrogens (tertiary/aromatic N) is 2. The van der Waals surface area contributed by atoms with Crippen LogP contribution in [-0.2, 0) is 38.1 Å². The Bertz CT molecular complexity index is 1500. The molecule has 2 amide bonds. The lowest BCUT2D eigenvalue weighted by Gasteiger charge is -2.51. The number of rotatable bonds is 15. The van der Waals surface area contributed by atoms with Gasteiger partial charge in [-0.25, -0.2) is 0 Å². The number of likely N-dealkylation sites (N-methyl/N-ethyl adjacent to an activating group) is 3. The van der Waals surface area contributed by atoms with Crippen LogP contribution in [0.15, 0.2) is 91.0 Å². The first-order chi connectivity index (χ1) is 23.4. The number of amides is 2. The number of carbonyl (C=O) groups excluding carboxylic acids is 3. The van der Waals surface area contributed by atoms with Crippen molar-refractivity contribution in [3.63, 3.8) is 0 Å². The molecule has 0 radical (unpaired) electrons. The quantitative estimate of drug-likeness (QED) is 0.165. The van der Waals surface area contributed by atoms with Gasteiger partial charge in [0.15, 0.2) is 0 Å². The predicted octanol–water partition coefficient (Wildman–Crippen LogP) is 7.70. The number of carbonyl (C=O) groups is 3. The first-order valence-electron chi connectivity index (χ1n) is 18.0. The predicted molar refractivity (Wildman–Crippen MR) is 207 cm³/mol. The normalized spacial score (nSPS) is 14.1. The van der Waals surface area contributed by atoms with Crippen LogP contribution >= 0.6 is 0 Å². The summed E-state index contributed by atoms with van der Waals surface area (Å²) >= 11 is 0. The molecule has 1 N–H and O–H groups in total. The zero-order valence-electron chi connectivity index (χ0n) is 32.3. The molecular weight excluding hydrogens is 639 g/mol. The summed E-state index contributed by atoms with van der Waals surface area (Å²) in [6.07, 6.45) is 1.08. The number of hydrogen-bond acceptors (Lipinski definition) is 5. The molecular formula is C42H61N3O4Si. The summed E-state index contributed by atoms with van der Waals surface area (Å²) < 4.78 is 6.93. The van der Waals surface area contributed by atoms with Crippen LogP contribution in [0.4, 0.5) is 0 Å². The molecule has 0 heterocycles. The molecule has 3 aromatic rings. The van der Waals surface area contributed by atoms with Crippen LogP contribution in [0.25, 0.3) is 0 Å². The smallest absolute Gasteiger partial charge is 0.315 e. The molecule has 272 valence electrons. The fourth-order valence-corrected chi connectivity index (χ4v) is 13.1. The fraction of sp³-hybridized carbons (Fsp3) is 0.500. The molecule has 50 heavy (non-hydrogen) atoms. The zero-order chi connectivity index (χ0) is 37.3. The van der Waals surface area contributed by atoms with Gasteiger partial charge in [0.05, 0.1) is 6.04 Å². The molecule has 8 heteroatoms. The Morgan fingerprint density at radius 2 is 1.02 bits per heavy atom. The Hall–Kier alpha value is -3.75. The van der Waals surface area contributed by atoms with E-state index in [1.165, 1.54) is 4.90 Å². The fourth-order valence-electron chi connectivity index (χ4n) is 7.29. The third-order valence-corrected chi connectivity index (χ3v) is 16.8. The summed E-state index contributed by atoms with van der Waals surface area (Å²) in [5.41, 5.74) is 2.88. The van der Waals surface area contributed by atoms with Crippen LogP contribution in [0.5, 0.6) is 0 Å². The van der Waals surface area contributed by atoms with Gasteiger partial charge in [-0.05, 0) is 52.2 Å². The van der Waals surface area contributed by atoms with Crippen molar-refractivity contribution in [2.45, 2.75) is 109 Å². The van der Waals surface area contributed by atoms with E-state index in [1.807, 2.05) is 91.0 Å². The highest BCUT2D eigenvalue weighted by molar-refractivity contribution is 6.80. The van der Waals surface area contributed by atoms with Gasteiger partial charge in [0.25, 0.3) is 8.32 Å². The summed E-state index contributed by atoms with van der Waals surface area (Å²) in [5.74, 6) is -0.554. The van der Waals surface area contributed by atoms with E-state index in [2.05, 4.69) is 60.7 Å². The summed E-state index contributed by atoms with van der Waals surface area (Å²) in [4.78, 5) is 46.9. The van der Waals surface area contributed by atoms with Gasteiger partial charge in [0, 0.05) is 26.9 Å². The van der Waals surface area contributed by atoms with Crippen molar-refractivity contribution < 1.29 is 18.8 Å². The molecule has 0 aromatic heterocycles. The van der Waals surface area contributed by atoms with Gasteiger partial charge in [-0.3, -0.25) is 14.4 Å². The van der Waals surface area contributed by atoms with E-state index < -0.39 is 26.4 Å². The molecule has 0 unspecified atom stereocenters. The lowest BCUT2D eigenvalue weighted by molar-refractivity contribution is -0.152. The number of benzene rings is 3. The first kappa shape index (κ1) is 40.7. The SMILES string of the molecule is CN[C@@H](Cc1ccccc1)C(=O)N(C)[C@@H](Cc1ccccc1)C(=O)N(C)[C@@H](Cc1ccccc1)C(=O)O[Si](CC(C)C)(C(C)(C)C)C(C)(C)C. The molecule has 3 rings (SSSR count). The van der Waals surface area contributed by atoms with Crippen LogP contribution in [0.2, 0.25) is 16.1 Å². The summed E-state index contributed by atoms with van der Waals surface area (Å²) in [5, 5.41) is 2.66. The van der Waals surface area contributed by atoms with Gasteiger partial charge in [-0.1, -0.05) is 146 Å². The summed E-state index contributed by atoms with van der Waals surface area (Å²) in [6, 6.07) is 27.9. The van der Waals surface area contributed by atoms with Crippen molar-refractivity contribution in [2.24, 2.45) is 5.92 Å². The molecule has 0 saturated heterocycles. The number of nitrogens with one attached hydrogen (secondary N) is 1. The average molecular weight is 700 g/mol. The molecule has 7 nitrogen and oxygen atoms in total. The van der Waals surface area contributed by atoms with Crippen molar-refractivity contribution in [1.29, 1.82) is 0 Å². The second-order valence-corrected chi connectivity index (χ2v) is 21.5. The Morgan fingerprint density at radius 1 is 0.640 bits per heavy atom. The standard InChI is InChI=1S/C42H61N3O4Si/c1-31(2)30-50(41(3,4)5,42(6,7)8)49-40(48)37(29-34-25-19-14-20-26-34)45(11)39(47)36(28-33-23-17-13-18-24-33)44(10)38(46)35(43-9)27-32-21-15-12-16-22-32/h12-26,31,35-37,43H,27-30H2,1-11H3/t35-,36-,37-/m0/s1. The van der Waals surface area contributed by atoms with Crippen molar-refractivity contribution in [3.05, 3.63) is 108 Å². The zero-order valence-corrected chi connectivity index (χ0v) is 33.3. The van der Waals surface area contributed by atoms with E-state index in [0.717, 1.165) is 22.7 Å². The summed E-state index contributed by atoms with van der Waals surface area (Å²) in [7, 11) is 2.32. The van der Waals surface area contributed by atoms with E-state index in [9.17, 15) is 14.4 Å². The minimum Gasteiger partial charge on any atom is -0.516 e. The third-order valence-electron chi connectivity index (χ3n) is 10.1. The molecule has 3 atom stereocenters. The van der Waals surface area contributed by atoms with E-state index in [1.54, 1.807) is 26.0 Å². The number of hydrogen-bond donors (Lipinski definition) is 1. The lowest BCUT2D eigenvalue weighted by Crippen LogP contribution is -2.60.